The van der Waals surface area contributed by atoms with Crippen molar-refractivity contribution in [1.82, 2.24) is 9.46 Å². The zero-order chi connectivity index (χ0) is 36.0. The van der Waals surface area contributed by atoms with E-state index in [0.29, 0.717) is 0 Å². The number of nitrogens with one attached hydrogen (secondary N) is 1. The van der Waals surface area contributed by atoms with Gasteiger partial charge in [0.1, 0.15) is 0 Å². The van der Waals surface area contributed by atoms with E-state index in [9.17, 15) is 20.4 Å². The first-order valence-corrected chi connectivity index (χ1v) is 20.1. The summed E-state index contributed by atoms with van der Waals surface area (Å²) in [6.07, 6.45) is 0. The molecule has 16 heteroatoms. The van der Waals surface area contributed by atoms with Crippen molar-refractivity contribution in [2.24, 2.45) is 4.52 Å². The van der Waals surface area contributed by atoms with E-state index in [2.05, 4.69) is 4.86 Å². The summed E-state index contributed by atoms with van der Waals surface area (Å²) in [6, 6.07) is 41.6. The van der Waals surface area contributed by atoms with E-state index in [0.717, 1.165) is 4.60 Å². The number of hydrogen-bond donors (Lipinski definition) is 5. The first-order chi connectivity index (χ1) is 25.3. The normalized spacial score (nSPS) is 17.0. The summed E-state index contributed by atoms with van der Waals surface area (Å²) in [5.74, 6) is -1.18. The van der Waals surface area contributed by atoms with Gasteiger partial charge in [-0.25, -0.2) is 0 Å². The molecule has 1 heterocycles. The van der Waals surface area contributed by atoms with Crippen LogP contribution in [-0.2, 0) is 0 Å². The maximum absolute atomic E-state index is 11.2. The molecule has 0 radical (unpaired) electrons. The Hall–Kier alpha value is -5.67. The van der Waals surface area contributed by atoms with Gasteiger partial charge in [0, 0.05) is 0 Å². The molecular weight excluding hydrogens is 727 g/mol. The molecule has 0 bridgehead atoms. The summed E-state index contributed by atoms with van der Waals surface area (Å²) >= 11 is 0. The molecule has 5 N–H and O–H groups in total. The SMILES string of the molecule is Oc1ccccc1OP1(Oc2ccccc2O)=NPNP(Oc2ccccc2)(Oc2ccccc2O)(Oc2ccccc2O)N1Oc1ccccc1. The number of phenolic OH excluding ortho intramolecular Hbond substituents is 4. The fourth-order valence-corrected chi connectivity index (χ4v) is 14.3. The summed E-state index contributed by atoms with van der Waals surface area (Å²) in [6.45, 7) is 0. The van der Waals surface area contributed by atoms with Gasteiger partial charge in [0.15, 0.2) is 0 Å². The molecule has 266 valence electrons. The van der Waals surface area contributed by atoms with Crippen LogP contribution in [0.4, 0.5) is 0 Å². The molecule has 13 nitrogen and oxygen atoms in total. The Morgan fingerprint density at radius 1 is 0.481 bits per heavy atom. The number of para-hydroxylation sites is 10. The zero-order valence-electron chi connectivity index (χ0n) is 27.0. The first-order valence-electron chi connectivity index (χ1n) is 15.6. The second kappa shape index (κ2) is 14.5. The summed E-state index contributed by atoms with van der Waals surface area (Å²) in [5, 5.41) is 44.5. The third kappa shape index (κ3) is 6.96. The topological polar surface area (TPSA) is 164 Å². The molecule has 1 unspecified atom stereocenters. The van der Waals surface area contributed by atoms with Crippen LogP contribution in [0.25, 0.3) is 0 Å². The summed E-state index contributed by atoms with van der Waals surface area (Å²) in [7, 11) is -10.9. The van der Waals surface area contributed by atoms with Crippen molar-refractivity contribution in [3.8, 4) is 57.5 Å². The Balaban J connectivity index is 1.59. The van der Waals surface area contributed by atoms with Gasteiger partial charge >= 0.3 is 301 Å². The van der Waals surface area contributed by atoms with Crippen molar-refractivity contribution >= 4 is 24.1 Å². The molecule has 7 rings (SSSR count). The number of hydrogen-bond acceptors (Lipinski definition) is 13. The molecular formula is C36H32N3O10P3. The van der Waals surface area contributed by atoms with Gasteiger partial charge < -0.3 is 0 Å². The molecule has 0 amide bonds. The van der Waals surface area contributed by atoms with Gasteiger partial charge in [-0.2, -0.15) is 0 Å². The average Bonchev–Trinajstić information content (AvgIpc) is 3.15. The van der Waals surface area contributed by atoms with E-state index in [4.69, 9.17) is 32.0 Å². The number of rotatable bonds is 12. The van der Waals surface area contributed by atoms with Crippen molar-refractivity contribution in [1.29, 1.82) is 0 Å². The van der Waals surface area contributed by atoms with Crippen molar-refractivity contribution in [3.63, 3.8) is 0 Å². The number of benzene rings is 6. The molecule has 0 saturated carbocycles. The molecule has 1 atom stereocenters. The minimum atomic E-state index is -5.76. The van der Waals surface area contributed by atoms with E-state index in [1.807, 2.05) is 0 Å². The molecule has 52 heavy (non-hydrogen) atoms. The minimum absolute atomic E-state index is 0.0789. The van der Waals surface area contributed by atoms with Gasteiger partial charge in [0.25, 0.3) is 0 Å². The van der Waals surface area contributed by atoms with Gasteiger partial charge in [-0.15, -0.1) is 0 Å². The van der Waals surface area contributed by atoms with E-state index >= 15 is 0 Å². The van der Waals surface area contributed by atoms with Crippen LogP contribution in [0.2, 0.25) is 0 Å². The average molecular weight is 760 g/mol. The molecule has 0 spiro atoms. The summed E-state index contributed by atoms with van der Waals surface area (Å²) in [4.78, 5) is 9.97. The van der Waals surface area contributed by atoms with Gasteiger partial charge in [0.2, 0.25) is 0 Å². The predicted octanol–water partition coefficient (Wildman–Crippen LogP) is 9.69. The van der Waals surface area contributed by atoms with Crippen LogP contribution in [0.3, 0.4) is 0 Å². The van der Waals surface area contributed by atoms with Gasteiger partial charge in [0.05, 0.1) is 0 Å². The zero-order valence-corrected chi connectivity index (χ0v) is 29.8. The molecule has 0 aliphatic carbocycles. The summed E-state index contributed by atoms with van der Waals surface area (Å²) in [5.41, 5.74) is 0. The van der Waals surface area contributed by atoms with Crippen LogP contribution in [0, 0.1) is 0 Å². The second-order valence-corrected chi connectivity index (χ2v) is 17.5. The van der Waals surface area contributed by atoms with E-state index < -0.39 is 24.1 Å². The Kier molecular flexibility index (Phi) is 9.71. The van der Waals surface area contributed by atoms with Crippen LogP contribution in [0.15, 0.2) is 162 Å². The van der Waals surface area contributed by atoms with Gasteiger partial charge in [-0.1, -0.05) is 0 Å². The Labute approximate surface area is 300 Å². The quantitative estimate of drug-likeness (QED) is 0.0752. The third-order valence-corrected chi connectivity index (χ3v) is 15.8. The van der Waals surface area contributed by atoms with Crippen LogP contribution in [-0.4, -0.2) is 25.0 Å². The maximum atomic E-state index is 11.2. The molecule has 1 aliphatic heterocycles. The number of phenols is 4. The molecule has 6 aromatic carbocycles. The monoisotopic (exact) mass is 759 g/mol. The van der Waals surface area contributed by atoms with Crippen molar-refractivity contribution in [2.75, 3.05) is 0 Å². The molecule has 0 fully saturated rings. The molecule has 1 aliphatic rings. The van der Waals surface area contributed by atoms with Crippen molar-refractivity contribution < 1.29 is 47.9 Å². The molecule has 6 aromatic rings. The Bertz CT molecular complexity index is 2130. The van der Waals surface area contributed by atoms with Crippen LogP contribution >= 0.6 is 24.1 Å². The van der Waals surface area contributed by atoms with E-state index in [1.54, 1.807) is 109 Å². The summed E-state index contributed by atoms with van der Waals surface area (Å²) < 4.78 is 40.0. The first kappa shape index (κ1) is 34.8. The van der Waals surface area contributed by atoms with Crippen LogP contribution in [0.5, 0.6) is 57.5 Å². The predicted molar refractivity (Wildman–Crippen MR) is 199 cm³/mol. The molecule has 0 aromatic heterocycles. The standard InChI is InChI=1S/C36H32N3O10P3/c40-29-19-7-11-23-33(29)45-51(46-34-24-12-8-20-30(34)41)37-50-38-52(47-28-17-5-2-6-18-28,48-35-25-13-9-21-31(35)42,49-36-26-14-10-22-32(36)43)39(51)44-27-15-3-1-4-16-27/h1-26,38,40-43,50H. The number of aromatic hydroxyl groups is 4. The number of nitrogens with zero attached hydrogens (tertiary/aromatic N) is 2. The van der Waals surface area contributed by atoms with Crippen molar-refractivity contribution in [3.05, 3.63) is 158 Å². The van der Waals surface area contributed by atoms with Gasteiger partial charge in [-0.3, -0.25) is 0 Å². The third-order valence-electron chi connectivity index (χ3n) is 7.28. The fourth-order valence-electron chi connectivity index (χ4n) is 4.91. The van der Waals surface area contributed by atoms with E-state index in [-0.39, 0.29) is 57.5 Å². The van der Waals surface area contributed by atoms with Crippen LogP contribution in [0.1, 0.15) is 0 Å². The Morgan fingerprint density at radius 3 is 1.31 bits per heavy atom. The Morgan fingerprint density at radius 2 is 0.865 bits per heavy atom. The van der Waals surface area contributed by atoms with Crippen molar-refractivity contribution in [2.45, 2.75) is 0 Å². The second-order valence-electron chi connectivity index (χ2n) is 11.0. The van der Waals surface area contributed by atoms with Crippen LogP contribution < -0.4 is 32.3 Å². The van der Waals surface area contributed by atoms with Gasteiger partial charge in [-0.05, 0) is 0 Å². The van der Waals surface area contributed by atoms with E-state index in [1.165, 1.54) is 48.5 Å². The fraction of sp³-hybridized carbons (Fsp3) is 0. The molecule has 0 saturated heterocycles.